The fourth-order valence-electron chi connectivity index (χ4n) is 2.79. The molecule has 0 unspecified atom stereocenters. The second-order valence-corrected chi connectivity index (χ2v) is 9.72. The minimum atomic E-state index is -3.68. The molecule has 5 nitrogen and oxygen atoms in total. The Morgan fingerprint density at radius 1 is 0.933 bits per heavy atom. The third-order valence-corrected chi connectivity index (χ3v) is 6.86. The van der Waals surface area contributed by atoms with Crippen LogP contribution in [-0.2, 0) is 10.0 Å². The molecule has 0 bridgehead atoms. The van der Waals surface area contributed by atoms with Crippen molar-refractivity contribution in [3.05, 3.63) is 89.5 Å². The van der Waals surface area contributed by atoms with E-state index >= 15 is 0 Å². The van der Waals surface area contributed by atoms with Crippen molar-refractivity contribution in [2.45, 2.75) is 23.6 Å². The van der Waals surface area contributed by atoms with Crippen molar-refractivity contribution >= 4 is 33.4 Å². The molecule has 0 aliphatic carbocycles. The second-order valence-electron chi connectivity index (χ2n) is 6.87. The first-order valence-corrected chi connectivity index (χ1v) is 12.0. The summed E-state index contributed by atoms with van der Waals surface area (Å²) in [4.78, 5) is 13.8. The molecule has 0 aromatic heterocycles. The number of anilines is 1. The van der Waals surface area contributed by atoms with E-state index in [1.807, 2.05) is 37.3 Å². The van der Waals surface area contributed by atoms with Crippen molar-refractivity contribution in [3.8, 4) is 0 Å². The standard InChI is InChI=1S/C23H24N2O3S2/c1-17-8-11-21(12-9-17)30(27,28)25-22-13-10-19(16-18(22)2)23(26)24-14-15-29-20-6-4-3-5-7-20/h3-13,16,25H,14-15H2,1-2H3,(H,24,26). The molecular weight excluding hydrogens is 416 g/mol. The lowest BCUT2D eigenvalue weighted by molar-refractivity contribution is 0.0956. The number of thioether (sulfide) groups is 1. The summed E-state index contributed by atoms with van der Waals surface area (Å²) >= 11 is 1.68. The zero-order chi connectivity index (χ0) is 21.6. The van der Waals surface area contributed by atoms with E-state index in [1.165, 1.54) is 0 Å². The summed E-state index contributed by atoms with van der Waals surface area (Å²) in [7, 11) is -3.68. The first kappa shape index (κ1) is 21.9. The van der Waals surface area contributed by atoms with Gasteiger partial charge >= 0.3 is 0 Å². The Balaban J connectivity index is 1.59. The molecule has 3 rings (SSSR count). The van der Waals surface area contributed by atoms with E-state index in [0.717, 1.165) is 16.2 Å². The summed E-state index contributed by atoms with van der Waals surface area (Å²) in [5, 5.41) is 2.90. The van der Waals surface area contributed by atoms with Crippen molar-refractivity contribution in [1.29, 1.82) is 0 Å². The van der Waals surface area contributed by atoms with E-state index in [9.17, 15) is 13.2 Å². The highest BCUT2D eigenvalue weighted by molar-refractivity contribution is 7.99. The van der Waals surface area contributed by atoms with E-state index in [-0.39, 0.29) is 10.8 Å². The molecule has 7 heteroatoms. The zero-order valence-electron chi connectivity index (χ0n) is 16.9. The van der Waals surface area contributed by atoms with Gasteiger partial charge in [0.1, 0.15) is 0 Å². The van der Waals surface area contributed by atoms with Gasteiger partial charge in [-0.1, -0.05) is 35.9 Å². The molecule has 0 spiro atoms. The average molecular weight is 441 g/mol. The van der Waals surface area contributed by atoms with Gasteiger partial charge in [-0.05, 0) is 61.9 Å². The van der Waals surface area contributed by atoms with E-state index < -0.39 is 10.0 Å². The van der Waals surface area contributed by atoms with Crippen LogP contribution >= 0.6 is 11.8 Å². The van der Waals surface area contributed by atoms with Gasteiger partial charge < -0.3 is 5.32 Å². The summed E-state index contributed by atoms with van der Waals surface area (Å²) in [5.74, 6) is 0.586. The topological polar surface area (TPSA) is 75.3 Å². The first-order chi connectivity index (χ1) is 14.3. The fraction of sp³-hybridized carbons (Fsp3) is 0.174. The van der Waals surface area contributed by atoms with Crippen LogP contribution in [0.3, 0.4) is 0 Å². The Morgan fingerprint density at radius 2 is 1.63 bits per heavy atom. The van der Waals surface area contributed by atoms with Crippen molar-refractivity contribution in [2.24, 2.45) is 0 Å². The molecule has 0 saturated carbocycles. The molecule has 3 aromatic rings. The summed E-state index contributed by atoms with van der Waals surface area (Å²) < 4.78 is 27.8. The van der Waals surface area contributed by atoms with Crippen LogP contribution in [0.1, 0.15) is 21.5 Å². The van der Waals surface area contributed by atoms with Gasteiger partial charge in [0.05, 0.1) is 10.6 Å². The lowest BCUT2D eigenvalue weighted by Gasteiger charge is -2.12. The number of carbonyl (C=O) groups is 1. The SMILES string of the molecule is Cc1ccc(S(=O)(=O)Nc2ccc(C(=O)NCCSc3ccccc3)cc2C)cc1. The Morgan fingerprint density at radius 3 is 2.30 bits per heavy atom. The number of sulfonamides is 1. The lowest BCUT2D eigenvalue weighted by atomic mass is 10.1. The van der Waals surface area contributed by atoms with Gasteiger partial charge in [-0.3, -0.25) is 9.52 Å². The van der Waals surface area contributed by atoms with Crippen LogP contribution in [0.2, 0.25) is 0 Å². The summed E-state index contributed by atoms with van der Waals surface area (Å²) in [6.07, 6.45) is 0. The van der Waals surface area contributed by atoms with Crippen LogP contribution in [0.5, 0.6) is 0 Å². The predicted molar refractivity (Wildman–Crippen MR) is 123 cm³/mol. The number of hydrogen-bond acceptors (Lipinski definition) is 4. The van der Waals surface area contributed by atoms with E-state index in [4.69, 9.17) is 0 Å². The van der Waals surface area contributed by atoms with Gasteiger partial charge in [0, 0.05) is 22.8 Å². The Bertz CT molecular complexity index is 1110. The molecule has 0 aliphatic rings. The van der Waals surface area contributed by atoms with Crippen LogP contribution in [0, 0.1) is 13.8 Å². The lowest BCUT2D eigenvalue weighted by Crippen LogP contribution is -2.25. The fourth-order valence-corrected chi connectivity index (χ4v) is 4.71. The molecule has 0 fully saturated rings. The van der Waals surface area contributed by atoms with Crippen molar-refractivity contribution in [1.82, 2.24) is 5.32 Å². The monoisotopic (exact) mass is 440 g/mol. The van der Waals surface area contributed by atoms with Crippen LogP contribution in [0.4, 0.5) is 5.69 Å². The number of rotatable bonds is 8. The highest BCUT2D eigenvalue weighted by atomic mass is 32.2. The molecule has 156 valence electrons. The van der Waals surface area contributed by atoms with E-state index in [0.29, 0.717) is 23.4 Å². The average Bonchev–Trinajstić information content (AvgIpc) is 2.73. The summed E-state index contributed by atoms with van der Waals surface area (Å²) in [5.41, 5.74) is 2.61. The molecular formula is C23H24N2O3S2. The van der Waals surface area contributed by atoms with Crippen molar-refractivity contribution in [3.63, 3.8) is 0 Å². The molecule has 1 amide bonds. The summed E-state index contributed by atoms with van der Waals surface area (Å²) in [6, 6.07) is 21.6. The van der Waals surface area contributed by atoms with E-state index in [1.54, 1.807) is 61.2 Å². The van der Waals surface area contributed by atoms with Gasteiger partial charge in [0.2, 0.25) is 0 Å². The summed E-state index contributed by atoms with van der Waals surface area (Å²) in [6.45, 7) is 4.21. The Labute approximate surface area is 182 Å². The maximum atomic E-state index is 12.6. The van der Waals surface area contributed by atoms with Gasteiger partial charge in [-0.2, -0.15) is 0 Å². The largest absolute Gasteiger partial charge is 0.351 e. The van der Waals surface area contributed by atoms with Crippen LogP contribution in [0.15, 0.2) is 82.6 Å². The number of aryl methyl sites for hydroxylation is 2. The normalized spacial score (nSPS) is 11.1. The van der Waals surface area contributed by atoms with Crippen LogP contribution in [-0.4, -0.2) is 26.6 Å². The minimum Gasteiger partial charge on any atom is -0.351 e. The quantitative estimate of drug-likeness (QED) is 0.396. The smallest absolute Gasteiger partial charge is 0.261 e. The number of hydrogen-bond donors (Lipinski definition) is 2. The molecule has 30 heavy (non-hydrogen) atoms. The first-order valence-electron chi connectivity index (χ1n) is 9.51. The van der Waals surface area contributed by atoms with Crippen LogP contribution in [0.25, 0.3) is 0 Å². The molecule has 0 heterocycles. The number of benzene rings is 3. The third-order valence-electron chi connectivity index (χ3n) is 4.46. The predicted octanol–water partition coefficient (Wildman–Crippen LogP) is 4.63. The van der Waals surface area contributed by atoms with Crippen molar-refractivity contribution in [2.75, 3.05) is 17.0 Å². The Hall–Kier alpha value is -2.77. The van der Waals surface area contributed by atoms with Gasteiger partial charge in [0.15, 0.2) is 0 Å². The van der Waals surface area contributed by atoms with Gasteiger partial charge in [-0.15, -0.1) is 11.8 Å². The number of nitrogens with one attached hydrogen (secondary N) is 2. The van der Waals surface area contributed by atoms with Gasteiger partial charge in [-0.25, -0.2) is 8.42 Å². The highest BCUT2D eigenvalue weighted by Gasteiger charge is 2.16. The molecule has 0 saturated heterocycles. The molecule has 0 aliphatic heterocycles. The van der Waals surface area contributed by atoms with Crippen LogP contribution < -0.4 is 10.0 Å². The maximum Gasteiger partial charge on any atom is 0.261 e. The molecule has 3 aromatic carbocycles. The highest BCUT2D eigenvalue weighted by Crippen LogP contribution is 2.21. The molecule has 0 radical (unpaired) electrons. The van der Waals surface area contributed by atoms with Crippen molar-refractivity contribution < 1.29 is 13.2 Å². The zero-order valence-corrected chi connectivity index (χ0v) is 18.5. The molecule has 0 atom stereocenters. The molecule has 2 N–H and O–H groups in total. The Kier molecular flexibility index (Phi) is 7.18. The number of amides is 1. The number of carbonyl (C=O) groups excluding carboxylic acids is 1. The third kappa shape index (κ3) is 5.87. The minimum absolute atomic E-state index is 0.181. The maximum absolute atomic E-state index is 12.6. The second kappa shape index (κ2) is 9.82. The van der Waals surface area contributed by atoms with E-state index in [2.05, 4.69) is 10.0 Å². The van der Waals surface area contributed by atoms with Gasteiger partial charge in [0.25, 0.3) is 15.9 Å².